The minimum atomic E-state index is -0.141. The third kappa shape index (κ3) is 5.12. The summed E-state index contributed by atoms with van der Waals surface area (Å²) >= 11 is 7.42. The third-order valence-electron chi connectivity index (χ3n) is 4.28. The Hall–Kier alpha value is -2.30. The number of amides is 1. The Bertz CT molecular complexity index is 932. The fraction of sp³-hybridized carbons (Fsp3) is 0.227. The van der Waals surface area contributed by atoms with Crippen molar-refractivity contribution in [2.75, 3.05) is 5.32 Å². The third-order valence-corrected chi connectivity index (χ3v) is 5.49. The lowest BCUT2D eigenvalue weighted by atomic mass is 10.0. The lowest BCUT2D eigenvalue weighted by Gasteiger charge is -2.08. The molecule has 0 radical (unpaired) electrons. The van der Waals surface area contributed by atoms with Crippen LogP contribution in [-0.4, -0.2) is 5.91 Å². The Morgan fingerprint density at radius 1 is 1.15 bits per heavy atom. The van der Waals surface area contributed by atoms with Gasteiger partial charge in [-0.25, -0.2) is 0 Å². The minimum Gasteiger partial charge on any atom is -0.489 e. The monoisotopic (exact) mass is 399 g/mol. The molecule has 2 aromatic carbocycles. The number of ether oxygens (including phenoxy) is 1. The summed E-state index contributed by atoms with van der Waals surface area (Å²) < 4.78 is 5.83. The standard InChI is InChI=1S/C22H22ClNO2S/c1-14(2)17-5-8-19(9-6-17)26-12-16-10-21(27-13-16)22(25)24-20-11-18(23)7-4-15(20)3/h4-11,13-14H,12H2,1-3H3,(H,24,25). The van der Waals surface area contributed by atoms with Gasteiger partial charge in [-0.15, -0.1) is 11.3 Å². The Balaban J connectivity index is 1.60. The number of anilines is 1. The van der Waals surface area contributed by atoms with Gasteiger partial charge in [0.1, 0.15) is 12.4 Å². The number of nitrogens with one attached hydrogen (secondary N) is 1. The first kappa shape index (κ1) is 19.5. The van der Waals surface area contributed by atoms with Crippen LogP contribution in [0, 0.1) is 6.92 Å². The SMILES string of the molecule is Cc1ccc(Cl)cc1NC(=O)c1cc(COc2ccc(C(C)C)cc2)cs1. The zero-order chi connectivity index (χ0) is 19.4. The first-order valence-corrected chi connectivity index (χ1v) is 10.1. The van der Waals surface area contributed by atoms with Gasteiger partial charge in [-0.2, -0.15) is 0 Å². The molecule has 5 heteroatoms. The molecule has 1 N–H and O–H groups in total. The molecule has 1 amide bonds. The molecule has 3 nitrogen and oxygen atoms in total. The highest BCUT2D eigenvalue weighted by molar-refractivity contribution is 7.12. The van der Waals surface area contributed by atoms with Crippen LogP contribution < -0.4 is 10.1 Å². The van der Waals surface area contributed by atoms with Crippen LogP contribution in [0.4, 0.5) is 5.69 Å². The summed E-state index contributed by atoms with van der Waals surface area (Å²) in [6.07, 6.45) is 0. The van der Waals surface area contributed by atoms with Gasteiger partial charge in [-0.1, -0.05) is 43.6 Å². The van der Waals surface area contributed by atoms with Crippen molar-refractivity contribution in [2.24, 2.45) is 0 Å². The molecule has 0 unspecified atom stereocenters. The van der Waals surface area contributed by atoms with Crippen LogP contribution in [0.25, 0.3) is 0 Å². The molecular formula is C22H22ClNO2S. The van der Waals surface area contributed by atoms with E-state index in [-0.39, 0.29) is 5.91 Å². The first-order chi connectivity index (χ1) is 12.9. The highest BCUT2D eigenvalue weighted by Crippen LogP contribution is 2.24. The molecule has 0 aliphatic carbocycles. The van der Waals surface area contributed by atoms with Crippen molar-refractivity contribution in [3.63, 3.8) is 0 Å². The Kier molecular flexibility index (Phi) is 6.19. The zero-order valence-corrected chi connectivity index (χ0v) is 17.2. The van der Waals surface area contributed by atoms with Crippen LogP contribution in [0.15, 0.2) is 53.9 Å². The van der Waals surface area contributed by atoms with Crippen LogP contribution in [0.3, 0.4) is 0 Å². The van der Waals surface area contributed by atoms with Crippen molar-refractivity contribution in [3.05, 3.63) is 80.5 Å². The molecule has 0 spiro atoms. The molecule has 0 saturated heterocycles. The second kappa shape index (κ2) is 8.59. The molecule has 0 bridgehead atoms. The van der Waals surface area contributed by atoms with E-state index in [4.69, 9.17) is 16.3 Å². The number of thiophene rings is 1. The fourth-order valence-electron chi connectivity index (χ4n) is 2.60. The maximum Gasteiger partial charge on any atom is 0.265 e. The van der Waals surface area contributed by atoms with Crippen molar-refractivity contribution in [1.29, 1.82) is 0 Å². The summed E-state index contributed by atoms with van der Waals surface area (Å²) in [7, 11) is 0. The van der Waals surface area contributed by atoms with E-state index in [1.54, 1.807) is 12.1 Å². The van der Waals surface area contributed by atoms with Gasteiger partial charge in [0.25, 0.3) is 5.91 Å². The number of halogens is 1. The van der Waals surface area contributed by atoms with Gasteiger partial charge in [-0.05, 0) is 59.7 Å². The first-order valence-electron chi connectivity index (χ1n) is 8.80. The summed E-state index contributed by atoms with van der Waals surface area (Å²) in [5.74, 6) is 1.18. The Morgan fingerprint density at radius 2 is 1.89 bits per heavy atom. The predicted molar refractivity (Wildman–Crippen MR) is 113 cm³/mol. The molecule has 3 rings (SSSR count). The van der Waals surface area contributed by atoms with E-state index in [1.807, 2.05) is 36.6 Å². The van der Waals surface area contributed by atoms with Crippen molar-refractivity contribution in [3.8, 4) is 5.75 Å². The van der Waals surface area contributed by atoms with E-state index in [2.05, 4.69) is 31.3 Å². The van der Waals surface area contributed by atoms with Crippen LogP contribution in [-0.2, 0) is 6.61 Å². The quantitative estimate of drug-likeness (QED) is 0.503. The van der Waals surface area contributed by atoms with E-state index in [1.165, 1.54) is 16.9 Å². The van der Waals surface area contributed by atoms with E-state index in [0.29, 0.717) is 22.4 Å². The molecule has 1 heterocycles. The van der Waals surface area contributed by atoms with Gasteiger partial charge in [0.2, 0.25) is 0 Å². The van der Waals surface area contributed by atoms with Crippen LogP contribution in [0.2, 0.25) is 5.02 Å². The zero-order valence-electron chi connectivity index (χ0n) is 15.6. The molecular weight excluding hydrogens is 378 g/mol. The van der Waals surface area contributed by atoms with Gasteiger partial charge in [0.05, 0.1) is 4.88 Å². The van der Waals surface area contributed by atoms with Gasteiger partial charge in [0.15, 0.2) is 0 Å². The molecule has 0 atom stereocenters. The van der Waals surface area contributed by atoms with E-state index in [0.717, 1.165) is 22.6 Å². The number of carbonyl (C=O) groups excluding carboxylic acids is 1. The summed E-state index contributed by atoms with van der Waals surface area (Å²) in [5.41, 5.74) is 3.95. The molecule has 1 aromatic heterocycles. The maximum atomic E-state index is 12.5. The molecule has 0 aliphatic rings. The number of aryl methyl sites for hydroxylation is 1. The minimum absolute atomic E-state index is 0.141. The maximum absolute atomic E-state index is 12.5. The summed E-state index contributed by atoms with van der Waals surface area (Å²) in [4.78, 5) is 13.1. The van der Waals surface area contributed by atoms with Crippen molar-refractivity contribution < 1.29 is 9.53 Å². The Morgan fingerprint density at radius 3 is 2.59 bits per heavy atom. The lowest BCUT2D eigenvalue weighted by molar-refractivity contribution is 0.103. The van der Waals surface area contributed by atoms with Gasteiger partial charge in [-0.3, -0.25) is 4.79 Å². The van der Waals surface area contributed by atoms with E-state index in [9.17, 15) is 4.79 Å². The summed E-state index contributed by atoms with van der Waals surface area (Å²) in [6, 6.07) is 15.4. The number of rotatable bonds is 6. The molecule has 140 valence electrons. The van der Waals surface area contributed by atoms with Crippen molar-refractivity contribution >= 4 is 34.5 Å². The number of benzene rings is 2. The number of hydrogen-bond acceptors (Lipinski definition) is 3. The van der Waals surface area contributed by atoms with Crippen molar-refractivity contribution in [2.45, 2.75) is 33.3 Å². The van der Waals surface area contributed by atoms with E-state index < -0.39 is 0 Å². The summed E-state index contributed by atoms with van der Waals surface area (Å²) in [5, 5.41) is 5.46. The topological polar surface area (TPSA) is 38.3 Å². The van der Waals surface area contributed by atoms with E-state index >= 15 is 0 Å². The molecule has 0 saturated carbocycles. The summed E-state index contributed by atoms with van der Waals surface area (Å²) in [6.45, 7) is 6.70. The van der Waals surface area contributed by atoms with Crippen LogP contribution >= 0.6 is 22.9 Å². The van der Waals surface area contributed by atoms with Gasteiger partial charge >= 0.3 is 0 Å². The number of hydrogen-bond donors (Lipinski definition) is 1. The predicted octanol–water partition coefficient (Wildman–Crippen LogP) is 6.66. The molecule has 0 aliphatic heterocycles. The average molecular weight is 400 g/mol. The van der Waals surface area contributed by atoms with Crippen LogP contribution in [0.1, 0.15) is 46.1 Å². The molecule has 27 heavy (non-hydrogen) atoms. The fourth-order valence-corrected chi connectivity index (χ4v) is 3.56. The second-order valence-corrected chi connectivity index (χ2v) is 8.09. The second-order valence-electron chi connectivity index (χ2n) is 6.74. The Labute approximate surface area is 169 Å². The normalized spacial score (nSPS) is 10.9. The average Bonchev–Trinajstić information content (AvgIpc) is 3.12. The van der Waals surface area contributed by atoms with Crippen molar-refractivity contribution in [1.82, 2.24) is 0 Å². The van der Waals surface area contributed by atoms with Gasteiger partial charge in [0, 0.05) is 16.3 Å². The molecule has 3 aromatic rings. The lowest BCUT2D eigenvalue weighted by Crippen LogP contribution is -2.11. The largest absolute Gasteiger partial charge is 0.489 e. The molecule has 0 fully saturated rings. The highest BCUT2D eigenvalue weighted by atomic mass is 35.5. The smallest absolute Gasteiger partial charge is 0.265 e. The van der Waals surface area contributed by atoms with Gasteiger partial charge < -0.3 is 10.1 Å². The van der Waals surface area contributed by atoms with Crippen LogP contribution in [0.5, 0.6) is 5.75 Å². The highest BCUT2D eigenvalue weighted by Gasteiger charge is 2.11. The number of carbonyl (C=O) groups is 1.